The molecule has 2 aromatic heterocycles. The lowest BCUT2D eigenvalue weighted by atomic mass is 10.3. The molecule has 0 aromatic carbocycles. The van der Waals surface area contributed by atoms with Crippen molar-refractivity contribution in [2.45, 2.75) is 0 Å². The summed E-state index contributed by atoms with van der Waals surface area (Å²) in [4.78, 5) is 7.29. The lowest BCUT2D eigenvalue weighted by Gasteiger charge is -2.01. The SMILES string of the molecule is Cn1nncc1-c1nc(N)ncc1F. The summed E-state index contributed by atoms with van der Waals surface area (Å²) >= 11 is 0. The van der Waals surface area contributed by atoms with Gasteiger partial charge in [-0.2, -0.15) is 0 Å². The van der Waals surface area contributed by atoms with Crippen LogP contribution >= 0.6 is 0 Å². The molecular weight excluding hydrogens is 187 g/mol. The van der Waals surface area contributed by atoms with Gasteiger partial charge in [0, 0.05) is 7.05 Å². The van der Waals surface area contributed by atoms with Crippen molar-refractivity contribution in [3.63, 3.8) is 0 Å². The van der Waals surface area contributed by atoms with Crippen molar-refractivity contribution in [3.05, 3.63) is 18.2 Å². The van der Waals surface area contributed by atoms with Crippen LogP contribution in [0, 0.1) is 5.82 Å². The van der Waals surface area contributed by atoms with E-state index in [-0.39, 0.29) is 11.6 Å². The van der Waals surface area contributed by atoms with Gasteiger partial charge in [-0.25, -0.2) is 19.0 Å². The van der Waals surface area contributed by atoms with Gasteiger partial charge in [0.1, 0.15) is 11.4 Å². The van der Waals surface area contributed by atoms with Gasteiger partial charge in [-0.1, -0.05) is 5.21 Å². The fraction of sp³-hybridized carbons (Fsp3) is 0.143. The molecule has 0 saturated carbocycles. The lowest BCUT2D eigenvalue weighted by Crippen LogP contribution is -2.02. The molecule has 7 heteroatoms. The van der Waals surface area contributed by atoms with Crippen molar-refractivity contribution in [2.75, 3.05) is 5.73 Å². The van der Waals surface area contributed by atoms with Crippen molar-refractivity contribution >= 4 is 5.95 Å². The Morgan fingerprint density at radius 2 is 2.21 bits per heavy atom. The zero-order valence-electron chi connectivity index (χ0n) is 7.35. The van der Waals surface area contributed by atoms with E-state index in [0.717, 1.165) is 6.20 Å². The third-order valence-corrected chi connectivity index (χ3v) is 1.72. The van der Waals surface area contributed by atoms with Crippen molar-refractivity contribution < 1.29 is 4.39 Å². The zero-order chi connectivity index (χ0) is 10.1. The van der Waals surface area contributed by atoms with Crippen LogP contribution in [0.15, 0.2) is 12.4 Å². The second kappa shape index (κ2) is 3.02. The summed E-state index contributed by atoms with van der Waals surface area (Å²) in [5.74, 6) is -0.535. The van der Waals surface area contributed by atoms with Crippen LogP contribution < -0.4 is 5.73 Å². The molecule has 2 aromatic rings. The molecule has 2 rings (SSSR count). The molecule has 0 spiro atoms. The molecule has 14 heavy (non-hydrogen) atoms. The van der Waals surface area contributed by atoms with Crippen molar-refractivity contribution in [3.8, 4) is 11.4 Å². The average Bonchev–Trinajstić information content (AvgIpc) is 2.56. The Labute approximate surface area is 78.6 Å². The Morgan fingerprint density at radius 1 is 1.43 bits per heavy atom. The number of aromatic nitrogens is 5. The van der Waals surface area contributed by atoms with Crippen molar-refractivity contribution in [1.82, 2.24) is 25.0 Å². The molecule has 0 unspecified atom stereocenters. The monoisotopic (exact) mass is 194 g/mol. The molecule has 2 N–H and O–H groups in total. The molecule has 0 aliphatic heterocycles. The summed E-state index contributed by atoms with van der Waals surface area (Å²) in [5, 5.41) is 7.28. The van der Waals surface area contributed by atoms with Gasteiger partial charge in [-0.15, -0.1) is 5.10 Å². The van der Waals surface area contributed by atoms with Gasteiger partial charge in [-0.05, 0) is 0 Å². The van der Waals surface area contributed by atoms with Crippen LogP contribution in [-0.2, 0) is 7.05 Å². The number of hydrogen-bond donors (Lipinski definition) is 1. The number of rotatable bonds is 1. The normalized spacial score (nSPS) is 10.4. The van der Waals surface area contributed by atoms with Crippen LogP contribution in [0.3, 0.4) is 0 Å². The summed E-state index contributed by atoms with van der Waals surface area (Å²) in [5.41, 5.74) is 5.90. The molecule has 0 fully saturated rings. The lowest BCUT2D eigenvalue weighted by molar-refractivity contribution is 0.614. The van der Waals surface area contributed by atoms with E-state index >= 15 is 0 Å². The molecule has 72 valence electrons. The first-order chi connectivity index (χ1) is 6.68. The summed E-state index contributed by atoms with van der Waals surface area (Å²) in [6.45, 7) is 0. The molecule has 0 aliphatic carbocycles. The maximum atomic E-state index is 13.3. The van der Waals surface area contributed by atoms with Gasteiger partial charge in [0.25, 0.3) is 0 Å². The highest BCUT2D eigenvalue weighted by Crippen LogP contribution is 2.18. The predicted octanol–water partition coefficient (Wildman–Crippen LogP) is -0.00660. The van der Waals surface area contributed by atoms with E-state index in [2.05, 4.69) is 20.3 Å². The average molecular weight is 194 g/mol. The third kappa shape index (κ3) is 1.28. The number of anilines is 1. The summed E-state index contributed by atoms with van der Waals surface area (Å²) in [6.07, 6.45) is 2.43. The van der Waals surface area contributed by atoms with Crippen molar-refractivity contribution in [1.29, 1.82) is 0 Å². The van der Waals surface area contributed by atoms with Gasteiger partial charge in [-0.3, -0.25) is 0 Å². The molecule has 2 heterocycles. The highest BCUT2D eigenvalue weighted by Gasteiger charge is 2.11. The molecule has 0 aliphatic rings. The molecular formula is C7H7FN6. The fourth-order valence-corrected chi connectivity index (χ4v) is 1.06. The van der Waals surface area contributed by atoms with E-state index in [1.165, 1.54) is 10.9 Å². The van der Waals surface area contributed by atoms with E-state index in [0.29, 0.717) is 5.69 Å². The molecule has 6 nitrogen and oxygen atoms in total. The Hall–Kier alpha value is -2.05. The third-order valence-electron chi connectivity index (χ3n) is 1.72. The molecule has 0 atom stereocenters. The molecule has 0 bridgehead atoms. The van der Waals surface area contributed by atoms with E-state index in [9.17, 15) is 4.39 Å². The van der Waals surface area contributed by atoms with Gasteiger partial charge in [0.05, 0.1) is 12.4 Å². The first-order valence-corrected chi connectivity index (χ1v) is 3.81. The topological polar surface area (TPSA) is 82.5 Å². The van der Waals surface area contributed by atoms with Gasteiger partial charge >= 0.3 is 0 Å². The van der Waals surface area contributed by atoms with E-state index < -0.39 is 5.82 Å². The molecule has 0 saturated heterocycles. The second-order valence-electron chi connectivity index (χ2n) is 2.67. The number of nitrogens with zero attached hydrogens (tertiary/aromatic N) is 5. The quantitative estimate of drug-likeness (QED) is 0.690. The second-order valence-corrected chi connectivity index (χ2v) is 2.67. The smallest absolute Gasteiger partial charge is 0.220 e. The summed E-state index contributed by atoms with van der Waals surface area (Å²) < 4.78 is 14.7. The van der Waals surface area contributed by atoms with E-state index in [1.807, 2.05) is 0 Å². The number of nitrogens with two attached hydrogens (primary N) is 1. The van der Waals surface area contributed by atoms with Crippen molar-refractivity contribution in [2.24, 2.45) is 7.05 Å². The van der Waals surface area contributed by atoms with E-state index in [4.69, 9.17) is 5.73 Å². The minimum atomic E-state index is -0.551. The first-order valence-electron chi connectivity index (χ1n) is 3.81. The van der Waals surface area contributed by atoms with Gasteiger partial charge in [0.15, 0.2) is 5.82 Å². The molecule has 0 radical (unpaired) electrons. The standard InChI is InChI=1S/C7H7FN6/c1-14-5(3-11-13-14)6-4(8)2-10-7(9)12-6/h2-3H,1H3,(H2,9,10,12). The van der Waals surface area contributed by atoms with E-state index in [1.54, 1.807) is 7.05 Å². The van der Waals surface area contributed by atoms with Crippen LogP contribution in [0.1, 0.15) is 0 Å². The van der Waals surface area contributed by atoms with Crippen LogP contribution in [-0.4, -0.2) is 25.0 Å². The minimum Gasteiger partial charge on any atom is -0.368 e. The summed E-state index contributed by atoms with van der Waals surface area (Å²) in [6, 6.07) is 0. The van der Waals surface area contributed by atoms with Crippen LogP contribution in [0.2, 0.25) is 0 Å². The molecule has 0 amide bonds. The Balaban J connectivity index is 2.62. The Kier molecular flexibility index (Phi) is 1.84. The fourth-order valence-electron chi connectivity index (χ4n) is 1.06. The Bertz CT molecular complexity index is 465. The highest BCUT2D eigenvalue weighted by atomic mass is 19.1. The zero-order valence-corrected chi connectivity index (χ0v) is 7.35. The number of hydrogen-bond acceptors (Lipinski definition) is 5. The van der Waals surface area contributed by atoms with Crippen LogP contribution in [0.5, 0.6) is 0 Å². The largest absolute Gasteiger partial charge is 0.368 e. The maximum absolute atomic E-state index is 13.3. The first kappa shape index (κ1) is 8.54. The number of aryl methyl sites for hydroxylation is 1. The minimum absolute atomic E-state index is 0.0163. The van der Waals surface area contributed by atoms with Gasteiger partial charge in [0.2, 0.25) is 5.95 Å². The highest BCUT2D eigenvalue weighted by molar-refractivity contribution is 5.54. The van der Waals surface area contributed by atoms with Crippen LogP contribution in [0.4, 0.5) is 10.3 Å². The van der Waals surface area contributed by atoms with Crippen LogP contribution in [0.25, 0.3) is 11.4 Å². The maximum Gasteiger partial charge on any atom is 0.220 e. The number of nitrogen functional groups attached to an aromatic ring is 1. The predicted molar refractivity (Wildman–Crippen MR) is 46.4 cm³/mol. The number of halogens is 1. The Morgan fingerprint density at radius 3 is 2.86 bits per heavy atom. The van der Waals surface area contributed by atoms with Gasteiger partial charge < -0.3 is 5.73 Å². The summed E-state index contributed by atoms with van der Waals surface area (Å²) in [7, 11) is 1.64.